The van der Waals surface area contributed by atoms with Gasteiger partial charge in [0.2, 0.25) is 5.91 Å². The molecule has 0 spiro atoms. The third-order valence-corrected chi connectivity index (χ3v) is 8.65. The summed E-state index contributed by atoms with van der Waals surface area (Å²) in [5.41, 5.74) is 2.03. The van der Waals surface area contributed by atoms with Gasteiger partial charge in [0.25, 0.3) is 15.9 Å². The molecule has 0 bridgehead atoms. The maximum atomic E-state index is 13.7. The Morgan fingerprint density at radius 2 is 1.33 bits per heavy atom. The second kappa shape index (κ2) is 13.2. The Labute approximate surface area is 246 Å². The van der Waals surface area contributed by atoms with Gasteiger partial charge in [0.1, 0.15) is 17.5 Å². The number of hydrogen-bond donors (Lipinski definition) is 1. The molecule has 0 fully saturated rings. The summed E-state index contributed by atoms with van der Waals surface area (Å²) in [5, 5.41) is 2.83. The van der Waals surface area contributed by atoms with E-state index in [1.165, 1.54) is 43.3 Å². The SMILES string of the molecule is COc1ccc(N(C)C(=O)[C@H](Cc2ccccc2)NC(=O)c2cccc(S(=O)(=O)N(C)c3ccc(OC)cc3)c2)cc1. The van der Waals surface area contributed by atoms with Crippen LogP contribution in [-0.2, 0) is 21.2 Å². The van der Waals surface area contributed by atoms with Gasteiger partial charge in [0, 0.05) is 31.8 Å². The van der Waals surface area contributed by atoms with E-state index in [-0.39, 0.29) is 22.8 Å². The molecular formula is C32H33N3O6S. The van der Waals surface area contributed by atoms with Crippen LogP contribution in [0.5, 0.6) is 11.5 Å². The third-order valence-electron chi connectivity index (χ3n) is 6.87. The second-order valence-corrected chi connectivity index (χ2v) is 11.5. The summed E-state index contributed by atoms with van der Waals surface area (Å²) in [7, 11) is 2.18. The molecule has 0 aromatic heterocycles. The summed E-state index contributed by atoms with van der Waals surface area (Å²) in [6.45, 7) is 0. The van der Waals surface area contributed by atoms with Crippen LogP contribution in [0, 0.1) is 0 Å². The molecule has 4 aromatic rings. The fourth-order valence-corrected chi connectivity index (χ4v) is 5.59. The Hall–Kier alpha value is -4.83. The lowest BCUT2D eigenvalue weighted by Gasteiger charge is -2.25. The number of sulfonamides is 1. The minimum absolute atomic E-state index is 0.0604. The zero-order valence-corrected chi connectivity index (χ0v) is 24.7. The van der Waals surface area contributed by atoms with Gasteiger partial charge in [0.05, 0.1) is 24.8 Å². The van der Waals surface area contributed by atoms with Crippen LogP contribution in [0.3, 0.4) is 0 Å². The zero-order chi connectivity index (χ0) is 30.3. The van der Waals surface area contributed by atoms with Crippen molar-refractivity contribution in [2.24, 2.45) is 0 Å². The Morgan fingerprint density at radius 3 is 1.90 bits per heavy atom. The summed E-state index contributed by atoms with van der Waals surface area (Å²) in [6.07, 6.45) is 0.240. The summed E-state index contributed by atoms with van der Waals surface area (Å²) >= 11 is 0. The molecule has 0 unspecified atom stereocenters. The number of carbonyl (C=O) groups is 2. The average Bonchev–Trinajstić information content (AvgIpc) is 3.04. The van der Waals surface area contributed by atoms with E-state index in [2.05, 4.69) is 5.32 Å². The fourth-order valence-electron chi connectivity index (χ4n) is 4.35. The van der Waals surface area contributed by atoms with Crippen molar-refractivity contribution in [1.29, 1.82) is 0 Å². The number of nitrogens with zero attached hydrogens (tertiary/aromatic N) is 2. The highest BCUT2D eigenvalue weighted by Gasteiger charge is 2.27. The molecular weight excluding hydrogens is 554 g/mol. The molecule has 9 nitrogen and oxygen atoms in total. The molecule has 0 heterocycles. The van der Waals surface area contributed by atoms with E-state index in [9.17, 15) is 18.0 Å². The van der Waals surface area contributed by atoms with Crippen LogP contribution in [0.4, 0.5) is 11.4 Å². The van der Waals surface area contributed by atoms with Gasteiger partial charge < -0.3 is 19.7 Å². The highest BCUT2D eigenvalue weighted by Crippen LogP contribution is 2.25. The molecule has 10 heteroatoms. The predicted octanol–water partition coefficient (Wildman–Crippen LogP) is 4.53. The van der Waals surface area contributed by atoms with Crippen LogP contribution in [0.2, 0.25) is 0 Å². The predicted molar refractivity (Wildman–Crippen MR) is 163 cm³/mol. The van der Waals surface area contributed by atoms with Crippen LogP contribution in [-0.4, -0.2) is 54.6 Å². The van der Waals surface area contributed by atoms with Gasteiger partial charge >= 0.3 is 0 Å². The van der Waals surface area contributed by atoms with Gasteiger partial charge in [0.15, 0.2) is 0 Å². The third kappa shape index (κ3) is 6.90. The Kier molecular flexibility index (Phi) is 9.49. The molecule has 0 saturated carbocycles. The number of anilines is 2. The Morgan fingerprint density at radius 1 is 0.762 bits per heavy atom. The van der Waals surface area contributed by atoms with Gasteiger partial charge in [-0.25, -0.2) is 8.42 Å². The van der Waals surface area contributed by atoms with Crippen molar-refractivity contribution in [1.82, 2.24) is 5.32 Å². The zero-order valence-electron chi connectivity index (χ0n) is 23.9. The minimum atomic E-state index is -3.99. The molecule has 1 atom stereocenters. The average molecular weight is 588 g/mol. The van der Waals surface area contributed by atoms with E-state index in [0.717, 1.165) is 9.87 Å². The highest BCUT2D eigenvalue weighted by molar-refractivity contribution is 7.92. The molecule has 1 N–H and O–H groups in total. The number of nitrogens with one attached hydrogen (secondary N) is 1. The van der Waals surface area contributed by atoms with Crippen molar-refractivity contribution in [3.8, 4) is 11.5 Å². The van der Waals surface area contributed by atoms with E-state index in [4.69, 9.17) is 9.47 Å². The van der Waals surface area contributed by atoms with Gasteiger partial charge in [-0.1, -0.05) is 36.4 Å². The maximum Gasteiger partial charge on any atom is 0.264 e. The van der Waals surface area contributed by atoms with Crippen molar-refractivity contribution >= 4 is 33.2 Å². The first-order chi connectivity index (χ1) is 20.1. The molecule has 2 amide bonds. The number of rotatable bonds is 11. The molecule has 0 aliphatic carbocycles. The number of amides is 2. The molecule has 218 valence electrons. The maximum absolute atomic E-state index is 13.7. The number of methoxy groups -OCH3 is 2. The van der Waals surface area contributed by atoms with Crippen LogP contribution in [0.25, 0.3) is 0 Å². The number of carbonyl (C=O) groups excluding carboxylic acids is 2. The van der Waals surface area contributed by atoms with Crippen LogP contribution >= 0.6 is 0 Å². The normalized spacial score (nSPS) is 11.7. The van der Waals surface area contributed by atoms with Crippen LogP contribution in [0.1, 0.15) is 15.9 Å². The van der Waals surface area contributed by atoms with E-state index in [0.29, 0.717) is 22.9 Å². The summed E-state index contributed by atoms with van der Waals surface area (Å²) in [5.74, 6) is 0.346. The first kappa shape index (κ1) is 30.1. The highest BCUT2D eigenvalue weighted by atomic mass is 32.2. The lowest BCUT2D eigenvalue weighted by Crippen LogP contribution is -2.48. The van der Waals surface area contributed by atoms with Gasteiger partial charge in [-0.05, 0) is 72.3 Å². The molecule has 4 aromatic carbocycles. The van der Waals surface area contributed by atoms with Crippen molar-refractivity contribution in [3.63, 3.8) is 0 Å². The standard InChI is InChI=1S/C32H33N3O6S/c1-34(25-13-17-27(40-3)18-14-25)32(37)30(21-23-9-6-5-7-10-23)33-31(36)24-11-8-12-29(22-24)42(38,39)35(2)26-15-19-28(41-4)20-16-26/h5-20,22,30H,21H2,1-4H3,(H,33,36)/t30-/m0/s1. The van der Waals surface area contributed by atoms with E-state index < -0.39 is 22.0 Å². The number of benzene rings is 4. The van der Waals surface area contributed by atoms with Gasteiger partial charge in [-0.3, -0.25) is 13.9 Å². The molecule has 0 radical (unpaired) electrons. The van der Waals surface area contributed by atoms with Crippen LogP contribution < -0.4 is 24.0 Å². The monoisotopic (exact) mass is 587 g/mol. The number of hydrogen-bond acceptors (Lipinski definition) is 6. The van der Waals surface area contributed by atoms with E-state index in [1.54, 1.807) is 62.7 Å². The first-order valence-electron chi connectivity index (χ1n) is 13.1. The molecule has 0 saturated heterocycles. The van der Waals surface area contributed by atoms with Gasteiger partial charge in [-0.15, -0.1) is 0 Å². The summed E-state index contributed by atoms with van der Waals surface area (Å²) in [6, 6.07) is 27.8. The second-order valence-electron chi connectivity index (χ2n) is 9.51. The van der Waals surface area contributed by atoms with Crippen molar-refractivity contribution in [2.75, 3.05) is 37.5 Å². The Balaban J connectivity index is 1.58. The smallest absolute Gasteiger partial charge is 0.264 e. The molecule has 0 aliphatic heterocycles. The number of likely N-dealkylation sites (N-methyl/N-ethyl adjacent to an activating group) is 1. The molecule has 0 aliphatic rings. The lowest BCUT2D eigenvalue weighted by atomic mass is 10.0. The topological polar surface area (TPSA) is 105 Å². The largest absolute Gasteiger partial charge is 0.497 e. The van der Waals surface area contributed by atoms with Crippen molar-refractivity contribution in [2.45, 2.75) is 17.4 Å². The summed E-state index contributed by atoms with van der Waals surface area (Å²) in [4.78, 5) is 28.5. The first-order valence-corrected chi connectivity index (χ1v) is 14.6. The quantitative estimate of drug-likeness (QED) is 0.277. The number of ether oxygens (including phenoxy) is 2. The molecule has 42 heavy (non-hydrogen) atoms. The van der Waals surface area contributed by atoms with Gasteiger partial charge in [-0.2, -0.15) is 0 Å². The minimum Gasteiger partial charge on any atom is -0.497 e. The Bertz CT molecular complexity index is 1630. The fraction of sp³-hybridized carbons (Fsp3) is 0.188. The van der Waals surface area contributed by atoms with Crippen molar-refractivity contribution < 1.29 is 27.5 Å². The summed E-state index contributed by atoms with van der Waals surface area (Å²) < 4.78 is 38.3. The van der Waals surface area contributed by atoms with Crippen LogP contribution in [0.15, 0.2) is 108 Å². The van der Waals surface area contributed by atoms with E-state index in [1.807, 2.05) is 30.3 Å². The van der Waals surface area contributed by atoms with E-state index >= 15 is 0 Å². The molecule has 4 rings (SSSR count). The van der Waals surface area contributed by atoms with Crippen molar-refractivity contribution in [3.05, 3.63) is 114 Å². The lowest BCUT2D eigenvalue weighted by molar-refractivity contribution is -0.120.